The molecule has 0 spiro atoms. The fourth-order valence-electron chi connectivity index (χ4n) is 4.85. The Morgan fingerprint density at radius 1 is 0.907 bits per heavy atom. The van der Waals surface area contributed by atoms with Crippen molar-refractivity contribution in [2.75, 3.05) is 13.1 Å². The topological polar surface area (TPSA) is 90.8 Å². The summed E-state index contributed by atoms with van der Waals surface area (Å²) in [6, 6.07) is 23.4. The van der Waals surface area contributed by atoms with Gasteiger partial charge in [-0.1, -0.05) is 83.1 Å². The van der Waals surface area contributed by atoms with Crippen LogP contribution in [-0.4, -0.2) is 43.1 Å². The van der Waals surface area contributed by atoms with Crippen LogP contribution in [-0.2, 0) is 22.9 Å². The highest BCUT2D eigenvalue weighted by atomic mass is 28.4. The molecule has 0 fully saturated rings. The van der Waals surface area contributed by atoms with Crippen molar-refractivity contribution in [2.24, 2.45) is 0 Å². The molecule has 1 atom stereocenters. The first-order valence-corrected chi connectivity index (χ1v) is 18.1. The van der Waals surface area contributed by atoms with Crippen molar-refractivity contribution in [3.8, 4) is 5.75 Å². The van der Waals surface area contributed by atoms with Crippen LogP contribution in [0.1, 0.15) is 87.2 Å². The maximum Gasteiger partial charge on any atom is 0.251 e. The van der Waals surface area contributed by atoms with Crippen LogP contribution >= 0.6 is 0 Å². The van der Waals surface area contributed by atoms with E-state index in [1.165, 1.54) is 5.56 Å². The quantitative estimate of drug-likeness (QED) is 0.154. The van der Waals surface area contributed by atoms with Gasteiger partial charge in [0, 0.05) is 35.2 Å². The first-order valence-electron chi connectivity index (χ1n) is 15.2. The number of hydrogen-bond acceptors (Lipinski definition) is 5. The predicted octanol–water partition coefficient (Wildman–Crippen LogP) is 7.27. The number of rotatable bonds is 13. The lowest BCUT2D eigenvalue weighted by atomic mass is 9.84. The first-order chi connectivity index (χ1) is 19.9. The van der Waals surface area contributed by atoms with Crippen molar-refractivity contribution in [3.05, 3.63) is 101 Å². The van der Waals surface area contributed by atoms with Gasteiger partial charge in [-0.05, 0) is 79.4 Å². The third-order valence-corrected chi connectivity index (χ3v) is 13.2. The van der Waals surface area contributed by atoms with Crippen LogP contribution in [0, 0.1) is 0 Å². The molecule has 6 nitrogen and oxygen atoms in total. The molecular formula is C36H52N2O4Si. The minimum absolute atomic E-state index is 0.0226. The van der Waals surface area contributed by atoms with Crippen molar-refractivity contribution in [1.29, 1.82) is 0 Å². The van der Waals surface area contributed by atoms with E-state index in [9.17, 15) is 15.0 Å². The van der Waals surface area contributed by atoms with Crippen LogP contribution < -0.4 is 10.6 Å². The van der Waals surface area contributed by atoms with E-state index in [0.29, 0.717) is 30.6 Å². The molecule has 0 saturated carbocycles. The Hall–Kier alpha value is -2.97. The van der Waals surface area contributed by atoms with Gasteiger partial charge < -0.3 is 25.3 Å². The second-order valence-corrected chi connectivity index (χ2v) is 19.2. The standard InChI is InChI=1S/C36H52N2O4Si/c1-34(2,3)43(8,9)42-32(27-18-19-31(40)29(21-27)24-39)23-38-36(6,7)22-26-14-13-15-28(20-26)33(41)37-25-35(4,5)30-16-11-10-12-17-30/h10-21,32,38-40H,22-25H2,1-9H3,(H,37,41)/t32-/m1/s1. The summed E-state index contributed by atoms with van der Waals surface area (Å²) in [6.45, 7) is 20.6. The minimum Gasteiger partial charge on any atom is -0.508 e. The Bertz CT molecular complexity index is 1360. The summed E-state index contributed by atoms with van der Waals surface area (Å²) in [5.74, 6) is 0.00429. The second-order valence-electron chi connectivity index (χ2n) is 14.5. The molecule has 0 aromatic heterocycles. The lowest BCUT2D eigenvalue weighted by Crippen LogP contribution is -2.47. The Morgan fingerprint density at radius 3 is 2.21 bits per heavy atom. The van der Waals surface area contributed by atoms with E-state index in [2.05, 4.69) is 90.4 Å². The minimum atomic E-state index is -2.14. The summed E-state index contributed by atoms with van der Waals surface area (Å²) < 4.78 is 6.87. The molecule has 1 amide bonds. The number of amides is 1. The third-order valence-electron chi connectivity index (χ3n) is 8.74. The van der Waals surface area contributed by atoms with Gasteiger partial charge in [0.1, 0.15) is 5.75 Å². The summed E-state index contributed by atoms with van der Waals surface area (Å²) in [4.78, 5) is 13.1. The summed E-state index contributed by atoms with van der Waals surface area (Å²) in [7, 11) is -2.14. The van der Waals surface area contributed by atoms with E-state index in [1.54, 1.807) is 6.07 Å². The van der Waals surface area contributed by atoms with Gasteiger partial charge in [0.25, 0.3) is 5.91 Å². The summed E-state index contributed by atoms with van der Waals surface area (Å²) in [5.41, 5.74) is 3.84. The van der Waals surface area contributed by atoms with E-state index in [4.69, 9.17) is 4.43 Å². The van der Waals surface area contributed by atoms with E-state index in [1.807, 2.05) is 48.5 Å². The lowest BCUT2D eigenvalue weighted by molar-refractivity contribution is 0.0945. The zero-order valence-electron chi connectivity index (χ0n) is 27.5. The largest absolute Gasteiger partial charge is 0.508 e. The van der Waals surface area contributed by atoms with Crippen LogP contribution in [0.2, 0.25) is 18.1 Å². The van der Waals surface area contributed by atoms with Gasteiger partial charge >= 0.3 is 0 Å². The Morgan fingerprint density at radius 2 is 1.58 bits per heavy atom. The van der Waals surface area contributed by atoms with Crippen molar-refractivity contribution < 1.29 is 19.4 Å². The highest BCUT2D eigenvalue weighted by molar-refractivity contribution is 6.74. The van der Waals surface area contributed by atoms with Crippen molar-refractivity contribution in [2.45, 2.75) is 96.7 Å². The van der Waals surface area contributed by atoms with E-state index in [-0.39, 0.29) is 40.4 Å². The number of aliphatic hydroxyl groups excluding tert-OH is 1. The molecule has 0 aliphatic rings. The number of carbonyl (C=O) groups excluding carboxylic acids is 1. The number of nitrogens with one attached hydrogen (secondary N) is 2. The molecule has 0 saturated heterocycles. The number of aromatic hydroxyl groups is 1. The lowest BCUT2D eigenvalue weighted by Gasteiger charge is -2.40. The van der Waals surface area contributed by atoms with Gasteiger partial charge in [0.2, 0.25) is 0 Å². The van der Waals surface area contributed by atoms with E-state index in [0.717, 1.165) is 11.1 Å². The molecule has 234 valence electrons. The molecule has 3 rings (SSSR count). The van der Waals surface area contributed by atoms with Gasteiger partial charge in [0.05, 0.1) is 12.7 Å². The number of hydrogen-bond donors (Lipinski definition) is 4. The van der Waals surface area contributed by atoms with Gasteiger partial charge in [-0.25, -0.2) is 0 Å². The molecule has 7 heteroatoms. The number of aliphatic hydroxyl groups is 1. The maximum absolute atomic E-state index is 13.1. The Labute approximate surface area is 260 Å². The van der Waals surface area contributed by atoms with Gasteiger partial charge in [-0.15, -0.1) is 0 Å². The predicted molar refractivity (Wildman–Crippen MR) is 179 cm³/mol. The zero-order chi connectivity index (χ0) is 32.1. The van der Waals surface area contributed by atoms with E-state index >= 15 is 0 Å². The first kappa shape index (κ1) is 34.5. The molecule has 0 radical (unpaired) electrons. The van der Waals surface area contributed by atoms with Gasteiger partial charge in [-0.2, -0.15) is 0 Å². The monoisotopic (exact) mass is 604 g/mol. The van der Waals surface area contributed by atoms with Crippen molar-refractivity contribution >= 4 is 14.2 Å². The highest BCUT2D eigenvalue weighted by Crippen LogP contribution is 2.40. The molecular weight excluding hydrogens is 552 g/mol. The molecule has 43 heavy (non-hydrogen) atoms. The van der Waals surface area contributed by atoms with Crippen LogP contribution in [0.5, 0.6) is 5.75 Å². The second kappa shape index (κ2) is 13.8. The number of benzene rings is 3. The van der Waals surface area contributed by atoms with Crippen LogP contribution in [0.3, 0.4) is 0 Å². The number of phenols is 1. The van der Waals surface area contributed by atoms with Crippen molar-refractivity contribution in [3.63, 3.8) is 0 Å². The van der Waals surface area contributed by atoms with Gasteiger partial charge in [-0.3, -0.25) is 4.79 Å². The number of carbonyl (C=O) groups is 1. The fourth-order valence-corrected chi connectivity index (χ4v) is 6.14. The molecule has 4 N–H and O–H groups in total. The van der Waals surface area contributed by atoms with Crippen LogP contribution in [0.15, 0.2) is 72.8 Å². The normalized spacial score (nSPS) is 13.5. The average Bonchev–Trinajstić information content (AvgIpc) is 2.94. The zero-order valence-corrected chi connectivity index (χ0v) is 28.5. The van der Waals surface area contributed by atoms with Crippen molar-refractivity contribution in [1.82, 2.24) is 10.6 Å². The third kappa shape index (κ3) is 9.51. The molecule has 0 unspecified atom stereocenters. The van der Waals surface area contributed by atoms with Crippen LogP contribution in [0.25, 0.3) is 0 Å². The summed E-state index contributed by atoms with van der Waals surface area (Å²) in [5, 5.41) is 26.8. The average molecular weight is 605 g/mol. The SMILES string of the molecule is CC(C)(Cc1cccc(C(=O)NCC(C)(C)c2ccccc2)c1)NC[C@@H](O[Si](C)(C)C(C)(C)C)c1ccc(O)c(CO)c1. The fraction of sp³-hybridized carbons (Fsp3) is 0.472. The van der Waals surface area contributed by atoms with Crippen LogP contribution in [0.4, 0.5) is 0 Å². The highest BCUT2D eigenvalue weighted by Gasteiger charge is 2.40. The molecule has 0 aliphatic carbocycles. The molecule has 0 aliphatic heterocycles. The maximum atomic E-state index is 13.1. The summed E-state index contributed by atoms with van der Waals surface area (Å²) >= 11 is 0. The molecule has 0 heterocycles. The van der Waals surface area contributed by atoms with E-state index < -0.39 is 8.32 Å². The smallest absolute Gasteiger partial charge is 0.251 e. The Balaban J connectivity index is 1.72. The Kier molecular flexibility index (Phi) is 11.1. The summed E-state index contributed by atoms with van der Waals surface area (Å²) in [6.07, 6.45) is 0.463. The molecule has 3 aromatic rings. The molecule has 3 aromatic carbocycles. The molecule has 0 bridgehead atoms. The van der Waals surface area contributed by atoms with Gasteiger partial charge in [0.15, 0.2) is 8.32 Å².